The lowest BCUT2D eigenvalue weighted by Crippen LogP contribution is -2.39. The van der Waals surface area contributed by atoms with E-state index in [9.17, 15) is 5.11 Å². The Kier molecular flexibility index (Phi) is 9.41. The van der Waals surface area contributed by atoms with Crippen LogP contribution < -0.4 is 10.6 Å². The van der Waals surface area contributed by atoms with E-state index in [1.165, 1.54) is 0 Å². The van der Waals surface area contributed by atoms with E-state index in [4.69, 9.17) is 21.1 Å². The van der Waals surface area contributed by atoms with Crippen molar-refractivity contribution in [1.82, 2.24) is 20.8 Å². The molecule has 0 aliphatic heterocycles. The molecular weight excluding hydrogens is 390 g/mol. The molecule has 1 heterocycles. The Morgan fingerprint density at radius 1 is 1.17 bits per heavy atom. The van der Waals surface area contributed by atoms with Gasteiger partial charge in [-0.05, 0) is 55.9 Å². The Morgan fingerprint density at radius 3 is 2.52 bits per heavy atom. The third-order valence-electron chi connectivity index (χ3n) is 5.26. The molecule has 1 aromatic carbocycles. The van der Waals surface area contributed by atoms with Gasteiger partial charge in [-0.3, -0.25) is 4.99 Å². The maximum atomic E-state index is 9.39. The highest BCUT2D eigenvalue weighted by molar-refractivity contribution is 6.30. The van der Waals surface area contributed by atoms with Crippen molar-refractivity contribution in [2.45, 2.75) is 46.5 Å². The van der Waals surface area contributed by atoms with Crippen LogP contribution in [0.15, 0.2) is 33.8 Å². The fraction of sp³-hybridized carbons (Fsp3) is 0.571. The normalized spacial score (nSPS) is 12.2. The second-order valence-corrected chi connectivity index (χ2v) is 7.51. The molecule has 0 atom stereocenters. The van der Waals surface area contributed by atoms with Gasteiger partial charge in [-0.15, -0.1) is 0 Å². The van der Waals surface area contributed by atoms with Crippen molar-refractivity contribution in [3.63, 3.8) is 0 Å². The Balaban J connectivity index is 1.93. The summed E-state index contributed by atoms with van der Waals surface area (Å²) in [7, 11) is 0. The molecule has 3 N–H and O–H groups in total. The Labute approximate surface area is 178 Å². The quantitative estimate of drug-likeness (QED) is 0.378. The first-order valence-electron chi connectivity index (χ1n) is 10.3. The molecule has 0 bridgehead atoms. The van der Waals surface area contributed by atoms with E-state index in [2.05, 4.69) is 34.6 Å². The van der Waals surface area contributed by atoms with Crippen molar-refractivity contribution in [3.05, 3.63) is 35.2 Å². The minimum absolute atomic E-state index is 0.0388. The summed E-state index contributed by atoms with van der Waals surface area (Å²) in [6.07, 6.45) is 3.33. The lowest BCUT2D eigenvalue weighted by atomic mass is 9.79. The van der Waals surface area contributed by atoms with Gasteiger partial charge in [-0.1, -0.05) is 30.6 Å². The van der Waals surface area contributed by atoms with Crippen LogP contribution in [0, 0.1) is 5.41 Å². The largest absolute Gasteiger partial charge is 0.396 e. The van der Waals surface area contributed by atoms with Crippen LogP contribution in [0.4, 0.5) is 0 Å². The topological polar surface area (TPSA) is 95.6 Å². The maximum absolute atomic E-state index is 9.39. The Bertz CT molecular complexity index is 757. The second kappa shape index (κ2) is 11.8. The van der Waals surface area contributed by atoms with Gasteiger partial charge < -0.3 is 20.3 Å². The molecule has 29 heavy (non-hydrogen) atoms. The first-order chi connectivity index (χ1) is 14.1. The molecule has 0 fully saturated rings. The molecule has 0 saturated carbocycles. The lowest BCUT2D eigenvalue weighted by Gasteiger charge is -2.29. The maximum Gasteiger partial charge on any atom is 0.228 e. The van der Waals surface area contributed by atoms with Crippen LogP contribution in [-0.4, -0.2) is 47.4 Å². The molecule has 160 valence electrons. The molecule has 0 unspecified atom stereocenters. The second-order valence-electron chi connectivity index (χ2n) is 7.07. The van der Waals surface area contributed by atoms with Crippen molar-refractivity contribution in [2.75, 3.05) is 26.2 Å². The molecule has 8 heteroatoms. The summed E-state index contributed by atoms with van der Waals surface area (Å²) in [4.78, 5) is 9.18. The highest BCUT2D eigenvalue weighted by Gasteiger charge is 2.25. The number of halogens is 1. The lowest BCUT2D eigenvalue weighted by molar-refractivity contribution is 0.175. The SMILES string of the molecule is CCNC(=NCC(CC)(CC)CCO)NCCc1nc(-c2ccc(Cl)cc2)no1. The molecule has 0 saturated heterocycles. The van der Waals surface area contributed by atoms with Gasteiger partial charge in [0.1, 0.15) is 0 Å². The van der Waals surface area contributed by atoms with Crippen molar-refractivity contribution in [2.24, 2.45) is 10.4 Å². The predicted molar refractivity (Wildman–Crippen MR) is 117 cm³/mol. The molecule has 2 aromatic rings. The van der Waals surface area contributed by atoms with E-state index < -0.39 is 0 Å². The number of hydrogen-bond acceptors (Lipinski definition) is 5. The van der Waals surface area contributed by atoms with E-state index in [0.29, 0.717) is 36.2 Å². The van der Waals surface area contributed by atoms with E-state index in [-0.39, 0.29) is 12.0 Å². The number of benzene rings is 1. The van der Waals surface area contributed by atoms with Crippen LogP contribution in [0.25, 0.3) is 11.4 Å². The number of aromatic nitrogens is 2. The van der Waals surface area contributed by atoms with E-state index >= 15 is 0 Å². The first-order valence-corrected chi connectivity index (χ1v) is 10.6. The summed E-state index contributed by atoms with van der Waals surface area (Å²) in [5, 5.41) is 20.7. The van der Waals surface area contributed by atoms with Crippen molar-refractivity contribution >= 4 is 17.6 Å². The van der Waals surface area contributed by atoms with E-state index in [0.717, 1.165) is 37.3 Å². The van der Waals surface area contributed by atoms with Crippen LogP contribution in [0.5, 0.6) is 0 Å². The van der Waals surface area contributed by atoms with Gasteiger partial charge in [-0.2, -0.15) is 4.98 Å². The van der Waals surface area contributed by atoms with Crippen molar-refractivity contribution < 1.29 is 9.63 Å². The molecule has 7 nitrogen and oxygen atoms in total. The number of nitrogens with one attached hydrogen (secondary N) is 2. The van der Waals surface area contributed by atoms with Gasteiger partial charge in [0, 0.05) is 43.2 Å². The molecule has 0 spiro atoms. The summed E-state index contributed by atoms with van der Waals surface area (Å²) in [5.74, 6) is 1.88. The Hall–Kier alpha value is -2.12. The highest BCUT2D eigenvalue weighted by atomic mass is 35.5. The third kappa shape index (κ3) is 7.01. The van der Waals surface area contributed by atoms with Crippen LogP contribution in [0.2, 0.25) is 5.02 Å². The smallest absolute Gasteiger partial charge is 0.228 e. The minimum atomic E-state index is 0.0388. The summed E-state index contributed by atoms with van der Waals surface area (Å²) in [6, 6.07) is 7.34. The van der Waals surface area contributed by atoms with E-state index in [1.54, 1.807) is 12.1 Å². The monoisotopic (exact) mass is 421 g/mol. The number of nitrogens with zero attached hydrogens (tertiary/aromatic N) is 3. The van der Waals surface area contributed by atoms with Gasteiger partial charge in [0.15, 0.2) is 5.96 Å². The van der Waals surface area contributed by atoms with Crippen LogP contribution >= 0.6 is 11.6 Å². The molecule has 0 amide bonds. The predicted octanol–water partition coefficient (Wildman–Crippen LogP) is 3.68. The zero-order chi connectivity index (χ0) is 21.1. The third-order valence-corrected chi connectivity index (χ3v) is 5.51. The standard InChI is InChI=1S/C21H32ClN5O2/c1-4-21(5-2,12-14-28)15-25-20(23-6-3)24-13-11-18-26-19(27-29-18)16-7-9-17(22)10-8-16/h7-10,28H,4-6,11-15H2,1-3H3,(H2,23,24,25). The minimum Gasteiger partial charge on any atom is -0.396 e. The number of aliphatic hydroxyl groups is 1. The fourth-order valence-electron chi connectivity index (χ4n) is 3.09. The van der Waals surface area contributed by atoms with Crippen molar-refractivity contribution in [3.8, 4) is 11.4 Å². The number of rotatable bonds is 11. The van der Waals surface area contributed by atoms with Crippen LogP contribution in [0.1, 0.15) is 45.9 Å². The number of hydrogen-bond donors (Lipinski definition) is 3. The molecule has 2 rings (SSSR count). The van der Waals surface area contributed by atoms with Gasteiger partial charge in [0.25, 0.3) is 0 Å². The zero-order valence-corrected chi connectivity index (χ0v) is 18.3. The fourth-order valence-corrected chi connectivity index (χ4v) is 3.22. The van der Waals surface area contributed by atoms with E-state index in [1.807, 2.05) is 19.1 Å². The zero-order valence-electron chi connectivity index (χ0n) is 17.5. The summed E-state index contributed by atoms with van der Waals surface area (Å²) < 4.78 is 5.35. The molecule has 0 aliphatic carbocycles. The number of guanidine groups is 1. The van der Waals surface area contributed by atoms with Crippen LogP contribution in [-0.2, 0) is 6.42 Å². The average Bonchev–Trinajstić information content (AvgIpc) is 3.20. The molecular formula is C21H32ClN5O2. The van der Waals surface area contributed by atoms with Gasteiger partial charge in [-0.25, -0.2) is 0 Å². The summed E-state index contributed by atoms with van der Waals surface area (Å²) >= 11 is 5.92. The van der Waals surface area contributed by atoms with Gasteiger partial charge in [0.2, 0.25) is 11.7 Å². The molecule has 0 aliphatic rings. The molecule has 1 aromatic heterocycles. The summed E-state index contributed by atoms with van der Waals surface area (Å²) in [5.41, 5.74) is 0.906. The van der Waals surface area contributed by atoms with Crippen molar-refractivity contribution in [1.29, 1.82) is 0 Å². The molecule has 0 radical (unpaired) electrons. The van der Waals surface area contributed by atoms with Gasteiger partial charge >= 0.3 is 0 Å². The van der Waals surface area contributed by atoms with Crippen LogP contribution in [0.3, 0.4) is 0 Å². The average molecular weight is 422 g/mol. The Morgan fingerprint density at radius 2 is 1.90 bits per heavy atom. The first kappa shape index (κ1) is 23.2. The van der Waals surface area contributed by atoms with Gasteiger partial charge in [0.05, 0.1) is 0 Å². The summed E-state index contributed by atoms with van der Waals surface area (Å²) in [6.45, 7) is 8.61. The number of aliphatic imine (C=N–C) groups is 1. The highest BCUT2D eigenvalue weighted by Crippen LogP contribution is 2.30. The number of aliphatic hydroxyl groups excluding tert-OH is 1.